The van der Waals surface area contributed by atoms with E-state index in [1.165, 1.54) is 5.57 Å². The number of ketones is 1. The molecule has 7 atom stereocenters. The Kier molecular flexibility index (Phi) is 3.57. The van der Waals surface area contributed by atoms with Crippen LogP contribution in [0.4, 0.5) is 0 Å². The first-order valence-electron chi connectivity index (χ1n) is 10.3. The van der Waals surface area contributed by atoms with Crippen molar-refractivity contribution in [3.05, 3.63) is 30.4 Å². The maximum Gasteiger partial charge on any atom is 0.161 e. The normalized spacial score (nSPS) is 47.7. The Hall–Kier alpha value is -1.42. The maximum atomic E-state index is 13.3. The average molecular weight is 354 g/mol. The van der Waals surface area contributed by atoms with E-state index in [0.29, 0.717) is 23.5 Å². The first-order chi connectivity index (χ1) is 12.4. The van der Waals surface area contributed by atoms with Crippen molar-refractivity contribution in [3.8, 4) is 0 Å². The van der Waals surface area contributed by atoms with Crippen molar-refractivity contribution < 1.29 is 9.90 Å². The van der Waals surface area contributed by atoms with Gasteiger partial charge in [-0.2, -0.15) is 0 Å². The summed E-state index contributed by atoms with van der Waals surface area (Å²) in [6.07, 6.45) is 14.9. The lowest BCUT2D eigenvalue weighted by Crippen LogP contribution is -2.50. The number of hydrogen-bond acceptors (Lipinski definition) is 3. The van der Waals surface area contributed by atoms with Crippen molar-refractivity contribution in [1.82, 2.24) is 9.55 Å². The van der Waals surface area contributed by atoms with Crippen LogP contribution in [0.1, 0.15) is 64.8 Å². The molecule has 0 amide bonds. The highest BCUT2D eigenvalue weighted by molar-refractivity contribution is 5.91. The molecule has 4 heteroatoms. The number of imidazole rings is 1. The van der Waals surface area contributed by atoms with Gasteiger partial charge in [-0.15, -0.1) is 0 Å². The van der Waals surface area contributed by atoms with Crippen molar-refractivity contribution in [3.63, 3.8) is 0 Å². The molecule has 4 aliphatic carbocycles. The molecule has 1 aromatic heterocycles. The molecule has 5 rings (SSSR count). The van der Waals surface area contributed by atoms with Gasteiger partial charge in [-0.3, -0.25) is 4.79 Å². The molecule has 26 heavy (non-hydrogen) atoms. The lowest BCUT2D eigenvalue weighted by Gasteiger charge is -2.56. The molecule has 4 nitrogen and oxygen atoms in total. The zero-order valence-electron chi connectivity index (χ0n) is 15.9. The summed E-state index contributed by atoms with van der Waals surface area (Å²) < 4.78 is 2.03. The molecule has 140 valence electrons. The van der Waals surface area contributed by atoms with Crippen molar-refractivity contribution in [2.45, 2.75) is 70.9 Å². The summed E-state index contributed by atoms with van der Waals surface area (Å²) in [5, 5.41) is 10.1. The van der Waals surface area contributed by atoms with E-state index in [1.54, 1.807) is 6.20 Å². The van der Waals surface area contributed by atoms with Gasteiger partial charge in [0.1, 0.15) is 0 Å². The fourth-order valence-electron chi connectivity index (χ4n) is 7.14. The second-order valence-corrected chi connectivity index (χ2v) is 9.74. The average Bonchev–Trinajstić information content (AvgIpc) is 3.23. The Morgan fingerprint density at radius 2 is 2.00 bits per heavy atom. The minimum absolute atomic E-state index is 0.0300. The van der Waals surface area contributed by atoms with Gasteiger partial charge in [0.15, 0.2) is 5.78 Å². The first-order valence-corrected chi connectivity index (χ1v) is 10.3. The maximum absolute atomic E-state index is 13.3. The quantitative estimate of drug-likeness (QED) is 0.778. The van der Waals surface area contributed by atoms with Gasteiger partial charge in [0, 0.05) is 17.8 Å². The van der Waals surface area contributed by atoms with Crippen LogP contribution in [-0.4, -0.2) is 26.5 Å². The summed E-state index contributed by atoms with van der Waals surface area (Å²) in [7, 11) is 0. The Morgan fingerprint density at radius 1 is 1.19 bits per heavy atom. The van der Waals surface area contributed by atoms with Crippen molar-refractivity contribution in [1.29, 1.82) is 0 Å². The van der Waals surface area contributed by atoms with Gasteiger partial charge in [0.05, 0.1) is 18.5 Å². The molecule has 0 radical (unpaired) electrons. The molecule has 0 aromatic carbocycles. The molecule has 0 bridgehead atoms. The largest absolute Gasteiger partial charge is 0.393 e. The molecule has 1 aromatic rings. The smallest absolute Gasteiger partial charge is 0.161 e. The van der Waals surface area contributed by atoms with Crippen LogP contribution in [0.3, 0.4) is 0 Å². The van der Waals surface area contributed by atoms with Crippen LogP contribution in [0, 0.1) is 28.6 Å². The SMILES string of the molecule is C[C@]12CC[C@H](O)CC1=CC[C@@H]1[C@@H]2CC[C@]2(C)C(=O)C(n3ccnc3)C[C@@H]12. The van der Waals surface area contributed by atoms with Gasteiger partial charge in [-0.25, -0.2) is 4.98 Å². The summed E-state index contributed by atoms with van der Waals surface area (Å²) in [4.78, 5) is 17.5. The number of rotatable bonds is 1. The number of carbonyl (C=O) groups is 1. The van der Waals surface area contributed by atoms with E-state index in [2.05, 4.69) is 24.9 Å². The van der Waals surface area contributed by atoms with Crippen LogP contribution in [-0.2, 0) is 4.79 Å². The van der Waals surface area contributed by atoms with Crippen LogP contribution in [0.25, 0.3) is 0 Å². The number of Topliss-reactive ketones (excluding diaryl/α,β-unsaturated/α-hetero) is 1. The third-order valence-corrected chi connectivity index (χ3v) is 8.69. The predicted octanol–water partition coefficient (Wildman–Crippen LogP) is 3.93. The Morgan fingerprint density at radius 3 is 2.77 bits per heavy atom. The number of hydrogen-bond donors (Lipinski definition) is 1. The van der Waals surface area contributed by atoms with Crippen molar-refractivity contribution in [2.75, 3.05) is 0 Å². The van der Waals surface area contributed by atoms with Gasteiger partial charge < -0.3 is 9.67 Å². The molecular formula is C22H30N2O2. The highest BCUT2D eigenvalue weighted by Gasteiger charge is 2.61. The zero-order chi connectivity index (χ0) is 18.1. The van der Waals surface area contributed by atoms with Gasteiger partial charge in [-0.05, 0) is 68.1 Å². The van der Waals surface area contributed by atoms with Crippen LogP contribution < -0.4 is 0 Å². The van der Waals surface area contributed by atoms with Gasteiger partial charge in [0.25, 0.3) is 0 Å². The molecule has 4 aliphatic rings. The summed E-state index contributed by atoms with van der Waals surface area (Å²) in [5.41, 5.74) is 1.56. The zero-order valence-corrected chi connectivity index (χ0v) is 15.9. The second kappa shape index (κ2) is 5.54. The molecule has 3 fully saturated rings. The molecule has 0 aliphatic heterocycles. The Bertz CT molecular complexity index is 754. The van der Waals surface area contributed by atoms with E-state index in [9.17, 15) is 9.90 Å². The Balaban J connectivity index is 1.50. The summed E-state index contributed by atoms with van der Waals surface area (Å²) >= 11 is 0. The number of nitrogens with zero attached hydrogens (tertiary/aromatic N) is 2. The summed E-state index contributed by atoms with van der Waals surface area (Å²) in [5.74, 6) is 2.18. The highest BCUT2D eigenvalue weighted by Crippen LogP contribution is 2.65. The molecule has 1 N–H and O–H groups in total. The third-order valence-electron chi connectivity index (χ3n) is 8.69. The molecule has 3 saturated carbocycles. The summed E-state index contributed by atoms with van der Waals surface area (Å²) in [6, 6.07) is -0.0300. The number of aliphatic hydroxyl groups is 1. The standard InChI is InChI=1S/C22H30N2O2/c1-21-7-5-15(25)11-14(21)3-4-16-17(21)6-8-22(2)18(16)12-19(20(22)26)24-10-9-23-13-24/h3,9-10,13,15-19,25H,4-8,11-12H2,1-2H3/t15-,16+,17-,18-,19?,21-,22-/m0/s1. The molecule has 0 saturated heterocycles. The van der Waals surface area contributed by atoms with Crippen molar-refractivity contribution >= 4 is 5.78 Å². The fraction of sp³-hybridized carbons (Fsp3) is 0.727. The predicted molar refractivity (Wildman–Crippen MR) is 99.4 cm³/mol. The van der Waals surface area contributed by atoms with E-state index < -0.39 is 0 Å². The van der Waals surface area contributed by atoms with E-state index in [-0.39, 0.29) is 23.0 Å². The van der Waals surface area contributed by atoms with Crippen LogP contribution in [0.15, 0.2) is 30.4 Å². The highest BCUT2D eigenvalue weighted by atomic mass is 16.3. The van der Waals surface area contributed by atoms with Gasteiger partial charge in [0.2, 0.25) is 0 Å². The molecular weight excluding hydrogens is 324 g/mol. The van der Waals surface area contributed by atoms with Gasteiger partial charge >= 0.3 is 0 Å². The van der Waals surface area contributed by atoms with Crippen LogP contribution in [0.5, 0.6) is 0 Å². The van der Waals surface area contributed by atoms with E-state index in [4.69, 9.17) is 0 Å². The van der Waals surface area contributed by atoms with E-state index in [1.807, 2.05) is 17.1 Å². The number of carbonyl (C=O) groups excluding carboxylic acids is 1. The number of fused-ring (bicyclic) bond motifs is 5. The monoisotopic (exact) mass is 354 g/mol. The number of allylic oxidation sites excluding steroid dienone is 1. The topological polar surface area (TPSA) is 55.1 Å². The lowest BCUT2D eigenvalue weighted by molar-refractivity contribution is -0.133. The summed E-state index contributed by atoms with van der Waals surface area (Å²) in [6.45, 7) is 4.67. The molecule has 0 spiro atoms. The minimum atomic E-state index is -0.175. The van der Waals surface area contributed by atoms with E-state index >= 15 is 0 Å². The molecule has 1 unspecified atom stereocenters. The second-order valence-electron chi connectivity index (χ2n) is 9.74. The van der Waals surface area contributed by atoms with Crippen molar-refractivity contribution in [2.24, 2.45) is 28.6 Å². The van der Waals surface area contributed by atoms with Gasteiger partial charge in [-0.1, -0.05) is 25.5 Å². The van der Waals surface area contributed by atoms with Crippen LogP contribution in [0.2, 0.25) is 0 Å². The minimum Gasteiger partial charge on any atom is -0.393 e. The number of aromatic nitrogens is 2. The van der Waals surface area contributed by atoms with E-state index in [0.717, 1.165) is 44.9 Å². The first kappa shape index (κ1) is 16.7. The van der Waals surface area contributed by atoms with Crippen LogP contribution >= 0.6 is 0 Å². The third kappa shape index (κ3) is 2.11. The molecule has 1 heterocycles. The number of aliphatic hydroxyl groups excluding tert-OH is 1. The lowest BCUT2D eigenvalue weighted by atomic mass is 9.48. The Labute approximate surface area is 155 Å². The fourth-order valence-corrected chi connectivity index (χ4v) is 7.14.